The van der Waals surface area contributed by atoms with E-state index in [2.05, 4.69) is 36.8 Å². The fraction of sp³-hybridized carbons (Fsp3) is 0.200. The Kier molecular flexibility index (Phi) is 5.31. The largest absolute Gasteiger partial charge is 0.467 e. The smallest absolute Gasteiger partial charge is 0.237 e. The van der Waals surface area contributed by atoms with Gasteiger partial charge in [0, 0.05) is 10.2 Å². The quantitative estimate of drug-likeness (QED) is 0.631. The molecule has 9 heteroatoms. The zero-order valence-electron chi connectivity index (χ0n) is 12.7. The van der Waals surface area contributed by atoms with E-state index in [0.29, 0.717) is 11.7 Å². The zero-order chi connectivity index (χ0) is 16.9. The van der Waals surface area contributed by atoms with Crippen LogP contribution in [0.5, 0.6) is 0 Å². The molecule has 3 aromatic rings. The number of aromatic nitrogens is 4. The van der Waals surface area contributed by atoms with Crippen molar-refractivity contribution >= 4 is 39.3 Å². The van der Waals surface area contributed by atoms with Gasteiger partial charge in [-0.3, -0.25) is 4.79 Å². The Labute approximate surface area is 150 Å². The number of nitrogens with one attached hydrogen (secondary N) is 1. The molecule has 1 N–H and O–H groups in total. The molecular weight excluding hydrogens is 394 g/mol. The summed E-state index contributed by atoms with van der Waals surface area (Å²) in [5, 5.41) is 14.7. The maximum atomic E-state index is 12.3. The number of rotatable bonds is 6. The molecule has 0 aliphatic rings. The standard InChI is InChI=1S/C15H14BrN5O2S/c1-10(14(22)17-12-5-2-4-11(16)8-12)24-15-18-19-20-21(15)9-13-6-3-7-23-13/h2-8,10H,9H2,1H3,(H,17,22). The fourth-order valence-corrected chi connectivity index (χ4v) is 3.14. The Morgan fingerprint density at radius 2 is 2.29 bits per heavy atom. The van der Waals surface area contributed by atoms with E-state index in [-0.39, 0.29) is 11.2 Å². The monoisotopic (exact) mass is 407 g/mol. The molecule has 0 radical (unpaired) electrons. The van der Waals surface area contributed by atoms with E-state index in [1.54, 1.807) is 17.0 Å². The molecule has 0 saturated heterocycles. The number of halogens is 1. The molecule has 1 atom stereocenters. The lowest BCUT2D eigenvalue weighted by atomic mass is 10.3. The van der Waals surface area contributed by atoms with Gasteiger partial charge in [-0.25, -0.2) is 4.68 Å². The topological polar surface area (TPSA) is 85.8 Å². The normalized spacial score (nSPS) is 12.1. The van der Waals surface area contributed by atoms with E-state index < -0.39 is 0 Å². The summed E-state index contributed by atoms with van der Waals surface area (Å²) in [4.78, 5) is 12.3. The van der Waals surface area contributed by atoms with Gasteiger partial charge < -0.3 is 9.73 Å². The van der Waals surface area contributed by atoms with E-state index in [4.69, 9.17) is 4.42 Å². The van der Waals surface area contributed by atoms with Gasteiger partial charge in [-0.05, 0) is 47.7 Å². The first-order valence-electron chi connectivity index (χ1n) is 7.13. The minimum absolute atomic E-state index is 0.120. The van der Waals surface area contributed by atoms with Crippen molar-refractivity contribution in [2.75, 3.05) is 5.32 Å². The molecular formula is C15H14BrN5O2S. The first kappa shape index (κ1) is 16.7. The van der Waals surface area contributed by atoms with Crippen molar-refractivity contribution in [3.8, 4) is 0 Å². The first-order valence-corrected chi connectivity index (χ1v) is 8.81. The summed E-state index contributed by atoms with van der Waals surface area (Å²) < 4.78 is 7.80. The van der Waals surface area contributed by atoms with Crippen molar-refractivity contribution in [1.29, 1.82) is 0 Å². The molecule has 0 aliphatic heterocycles. The number of thioether (sulfide) groups is 1. The van der Waals surface area contributed by atoms with Crippen molar-refractivity contribution in [3.05, 3.63) is 52.9 Å². The number of carbonyl (C=O) groups excluding carboxylic acids is 1. The highest BCUT2D eigenvalue weighted by molar-refractivity contribution is 9.10. The van der Waals surface area contributed by atoms with Crippen LogP contribution in [-0.4, -0.2) is 31.4 Å². The Bertz CT molecular complexity index is 821. The third-order valence-electron chi connectivity index (χ3n) is 3.13. The van der Waals surface area contributed by atoms with Crippen LogP contribution < -0.4 is 5.32 Å². The van der Waals surface area contributed by atoms with Gasteiger partial charge in [0.15, 0.2) is 0 Å². The van der Waals surface area contributed by atoms with Gasteiger partial charge in [-0.2, -0.15) is 0 Å². The summed E-state index contributed by atoms with van der Waals surface area (Å²) in [6, 6.07) is 11.1. The number of hydrogen-bond acceptors (Lipinski definition) is 6. The molecule has 3 rings (SSSR count). The maximum absolute atomic E-state index is 12.3. The van der Waals surface area contributed by atoms with E-state index >= 15 is 0 Å². The van der Waals surface area contributed by atoms with Gasteiger partial charge in [0.25, 0.3) is 0 Å². The lowest BCUT2D eigenvalue weighted by molar-refractivity contribution is -0.115. The van der Waals surface area contributed by atoms with E-state index in [0.717, 1.165) is 15.9 Å². The summed E-state index contributed by atoms with van der Waals surface area (Å²) in [7, 11) is 0. The highest BCUT2D eigenvalue weighted by Gasteiger charge is 2.19. The number of anilines is 1. The Hall–Kier alpha value is -2.13. The van der Waals surface area contributed by atoms with Crippen LogP contribution in [0.1, 0.15) is 12.7 Å². The van der Waals surface area contributed by atoms with Gasteiger partial charge in [0.2, 0.25) is 11.1 Å². The number of amides is 1. The van der Waals surface area contributed by atoms with Gasteiger partial charge >= 0.3 is 0 Å². The van der Waals surface area contributed by atoms with Gasteiger partial charge in [0.1, 0.15) is 12.3 Å². The maximum Gasteiger partial charge on any atom is 0.237 e. The molecule has 2 heterocycles. The van der Waals surface area contributed by atoms with Crippen molar-refractivity contribution in [3.63, 3.8) is 0 Å². The SMILES string of the molecule is CC(Sc1nnnn1Cc1ccco1)C(=O)Nc1cccc(Br)c1. The van der Waals surface area contributed by atoms with E-state index in [1.165, 1.54) is 11.8 Å². The Morgan fingerprint density at radius 3 is 3.04 bits per heavy atom. The lowest BCUT2D eigenvalue weighted by Crippen LogP contribution is -2.23. The van der Waals surface area contributed by atoms with Crippen LogP contribution in [0, 0.1) is 0 Å². The highest BCUT2D eigenvalue weighted by atomic mass is 79.9. The minimum atomic E-state index is -0.356. The van der Waals surface area contributed by atoms with Crippen LogP contribution in [0.15, 0.2) is 56.7 Å². The third-order valence-corrected chi connectivity index (χ3v) is 4.69. The second kappa shape index (κ2) is 7.63. The molecule has 0 aliphatic carbocycles. The number of tetrazole rings is 1. The molecule has 7 nitrogen and oxygen atoms in total. The highest BCUT2D eigenvalue weighted by Crippen LogP contribution is 2.23. The van der Waals surface area contributed by atoms with Crippen LogP contribution in [0.3, 0.4) is 0 Å². The van der Waals surface area contributed by atoms with E-state index in [9.17, 15) is 4.79 Å². The number of carbonyl (C=O) groups is 1. The molecule has 1 amide bonds. The number of nitrogens with zero attached hydrogens (tertiary/aromatic N) is 4. The number of furan rings is 1. The molecule has 0 saturated carbocycles. The summed E-state index contributed by atoms with van der Waals surface area (Å²) >= 11 is 4.67. The molecule has 1 aromatic carbocycles. The minimum Gasteiger partial charge on any atom is -0.467 e. The van der Waals surface area contributed by atoms with Gasteiger partial charge in [0.05, 0.1) is 11.5 Å². The summed E-state index contributed by atoms with van der Waals surface area (Å²) in [6.07, 6.45) is 1.60. The Morgan fingerprint density at radius 1 is 1.42 bits per heavy atom. The molecule has 124 valence electrons. The predicted octanol–water partition coefficient (Wildman–Crippen LogP) is 3.20. The lowest BCUT2D eigenvalue weighted by Gasteiger charge is -2.11. The van der Waals surface area contributed by atoms with Crippen molar-refractivity contribution in [2.24, 2.45) is 0 Å². The average molecular weight is 408 g/mol. The van der Waals surface area contributed by atoms with Crippen LogP contribution in [-0.2, 0) is 11.3 Å². The zero-order valence-corrected chi connectivity index (χ0v) is 15.1. The van der Waals surface area contributed by atoms with Crippen LogP contribution in [0.2, 0.25) is 0 Å². The summed E-state index contributed by atoms with van der Waals surface area (Å²) in [6.45, 7) is 2.23. The molecule has 24 heavy (non-hydrogen) atoms. The van der Waals surface area contributed by atoms with Crippen molar-refractivity contribution < 1.29 is 9.21 Å². The molecule has 0 spiro atoms. The summed E-state index contributed by atoms with van der Waals surface area (Å²) in [5.74, 6) is 0.626. The Balaban J connectivity index is 1.63. The first-order chi connectivity index (χ1) is 11.6. The fourth-order valence-electron chi connectivity index (χ4n) is 1.95. The molecule has 0 bridgehead atoms. The van der Waals surface area contributed by atoms with Crippen LogP contribution in [0.4, 0.5) is 5.69 Å². The molecule has 0 fully saturated rings. The molecule has 1 unspecified atom stereocenters. The second-order valence-corrected chi connectivity index (χ2v) is 7.18. The predicted molar refractivity (Wildman–Crippen MR) is 93.7 cm³/mol. The molecule has 2 aromatic heterocycles. The summed E-state index contributed by atoms with van der Waals surface area (Å²) in [5.41, 5.74) is 0.733. The number of benzene rings is 1. The van der Waals surface area contributed by atoms with Crippen molar-refractivity contribution in [2.45, 2.75) is 23.9 Å². The average Bonchev–Trinajstić information content (AvgIpc) is 3.20. The van der Waals surface area contributed by atoms with Gasteiger partial charge in [-0.1, -0.05) is 33.8 Å². The van der Waals surface area contributed by atoms with E-state index in [1.807, 2.05) is 37.3 Å². The van der Waals surface area contributed by atoms with Crippen molar-refractivity contribution in [1.82, 2.24) is 20.2 Å². The second-order valence-electron chi connectivity index (χ2n) is 4.96. The van der Waals surface area contributed by atoms with Crippen LogP contribution in [0.25, 0.3) is 0 Å². The van der Waals surface area contributed by atoms with Crippen LogP contribution >= 0.6 is 27.7 Å². The van der Waals surface area contributed by atoms with Gasteiger partial charge in [-0.15, -0.1) is 5.10 Å². The number of hydrogen-bond donors (Lipinski definition) is 1. The third kappa shape index (κ3) is 4.24.